The Labute approximate surface area is 223 Å². The topological polar surface area (TPSA) is 124 Å². The van der Waals surface area contributed by atoms with Crippen LogP contribution in [0.2, 0.25) is 5.02 Å². The molecule has 0 unspecified atom stereocenters. The molecule has 37 heavy (non-hydrogen) atoms. The minimum absolute atomic E-state index is 0.0446. The molecule has 196 valence electrons. The number of guanidine groups is 1. The highest BCUT2D eigenvalue weighted by atomic mass is 35.5. The lowest BCUT2D eigenvalue weighted by Crippen LogP contribution is -2.42. The van der Waals surface area contributed by atoms with Gasteiger partial charge in [0, 0.05) is 29.2 Å². The number of hydrogen-bond donors (Lipinski definition) is 3. The van der Waals surface area contributed by atoms with Crippen LogP contribution < -0.4 is 11.2 Å². The Morgan fingerprint density at radius 2 is 1.70 bits per heavy atom. The van der Waals surface area contributed by atoms with Gasteiger partial charge in [-0.25, -0.2) is 5.53 Å². The van der Waals surface area contributed by atoms with Crippen molar-refractivity contribution in [3.63, 3.8) is 0 Å². The van der Waals surface area contributed by atoms with E-state index >= 15 is 0 Å². The second-order valence-corrected chi connectivity index (χ2v) is 10.9. The number of nitrogens with zero attached hydrogens (tertiary/aromatic N) is 3. The highest BCUT2D eigenvalue weighted by molar-refractivity contribution is 6.30. The van der Waals surface area contributed by atoms with Gasteiger partial charge in [-0.05, 0) is 78.5 Å². The number of halogens is 1. The number of rotatable bonds is 6. The Balaban J connectivity index is 1.76. The number of nitrogens with one attached hydrogen (secondary N) is 2. The molecule has 2 amide bonds. The predicted octanol–water partition coefficient (Wildman–Crippen LogP) is 5.98. The van der Waals surface area contributed by atoms with E-state index in [0.29, 0.717) is 23.0 Å². The van der Waals surface area contributed by atoms with Gasteiger partial charge in [-0.3, -0.25) is 14.9 Å². The van der Waals surface area contributed by atoms with Crippen molar-refractivity contribution in [2.24, 2.45) is 27.4 Å². The van der Waals surface area contributed by atoms with Crippen molar-refractivity contribution in [2.45, 2.75) is 59.0 Å². The van der Waals surface area contributed by atoms with Crippen LogP contribution in [-0.4, -0.2) is 28.7 Å². The molecule has 0 heterocycles. The molecule has 0 saturated heterocycles. The van der Waals surface area contributed by atoms with E-state index in [0.717, 1.165) is 36.8 Å². The SMILES string of the molecule is CC(C)(C)C1CCC(N(Cc2ccc(C(=O)N/C(N=N)=N/N)cc2)C(=O)/C=C/c2ccc(Cl)cc2)CC1. The van der Waals surface area contributed by atoms with Crippen molar-refractivity contribution in [1.29, 1.82) is 5.53 Å². The molecule has 0 atom stereocenters. The van der Waals surface area contributed by atoms with Gasteiger partial charge in [-0.2, -0.15) is 0 Å². The fourth-order valence-corrected chi connectivity index (χ4v) is 4.82. The van der Waals surface area contributed by atoms with Gasteiger partial charge in [0.2, 0.25) is 5.91 Å². The molecule has 0 radical (unpaired) electrons. The van der Waals surface area contributed by atoms with Crippen LogP contribution in [-0.2, 0) is 11.3 Å². The summed E-state index contributed by atoms with van der Waals surface area (Å²) >= 11 is 5.98. The molecule has 0 aliphatic heterocycles. The van der Waals surface area contributed by atoms with Gasteiger partial charge in [0.1, 0.15) is 0 Å². The molecule has 4 N–H and O–H groups in total. The quantitative estimate of drug-likeness (QED) is 0.108. The van der Waals surface area contributed by atoms with Gasteiger partial charge >= 0.3 is 0 Å². The van der Waals surface area contributed by atoms with Gasteiger partial charge in [0.05, 0.1) is 0 Å². The fourth-order valence-electron chi connectivity index (χ4n) is 4.70. The van der Waals surface area contributed by atoms with Gasteiger partial charge in [0.25, 0.3) is 11.9 Å². The molecule has 1 saturated carbocycles. The number of carbonyl (C=O) groups is 2. The van der Waals surface area contributed by atoms with Crippen LogP contribution in [0.15, 0.2) is 64.8 Å². The zero-order valence-electron chi connectivity index (χ0n) is 21.6. The molecule has 2 aromatic rings. The number of benzene rings is 2. The van der Waals surface area contributed by atoms with Crippen molar-refractivity contribution >= 4 is 35.5 Å². The fraction of sp³-hybridized carbons (Fsp3) is 0.393. The third-order valence-electron chi connectivity index (χ3n) is 6.96. The van der Waals surface area contributed by atoms with E-state index in [1.807, 2.05) is 35.2 Å². The van der Waals surface area contributed by atoms with Crippen molar-refractivity contribution < 1.29 is 9.59 Å². The Kier molecular flexibility index (Phi) is 9.58. The second-order valence-electron chi connectivity index (χ2n) is 10.4. The van der Waals surface area contributed by atoms with Gasteiger partial charge < -0.3 is 10.7 Å². The van der Waals surface area contributed by atoms with Crippen LogP contribution in [0.1, 0.15) is 67.9 Å². The third-order valence-corrected chi connectivity index (χ3v) is 7.21. The average molecular weight is 523 g/mol. The largest absolute Gasteiger partial charge is 0.332 e. The standard InChI is InChI=1S/C28H35ClN6O2/c1-28(2,3)22-11-15-24(16-12-22)35(25(36)17-8-19-6-13-23(29)14-7-19)18-20-4-9-21(10-5-20)26(37)32-27(33-30)34-31/h4-10,13-14,17,22,24,30H,11-12,15-16,18,31H2,1-3H3,(H,32,34,37)/b17-8+,33-30?. The minimum atomic E-state index is -0.467. The number of hydrazone groups is 1. The highest BCUT2D eigenvalue weighted by Gasteiger charge is 2.33. The van der Waals surface area contributed by atoms with E-state index in [2.05, 4.69) is 36.3 Å². The van der Waals surface area contributed by atoms with E-state index in [-0.39, 0.29) is 23.3 Å². The summed E-state index contributed by atoms with van der Waals surface area (Å²) in [6.07, 6.45) is 7.53. The number of carbonyl (C=O) groups excluding carboxylic acids is 2. The van der Waals surface area contributed by atoms with Crippen LogP contribution in [0.4, 0.5) is 0 Å². The predicted molar refractivity (Wildman–Crippen MR) is 147 cm³/mol. The zero-order chi connectivity index (χ0) is 27.0. The van der Waals surface area contributed by atoms with E-state index in [9.17, 15) is 9.59 Å². The maximum Gasteiger partial charge on any atom is 0.265 e. The Morgan fingerprint density at radius 1 is 1.08 bits per heavy atom. The summed E-state index contributed by atoms with van der Waals surface area (Å²) in [5.41, 5.74) is 9.42. The summed E-state index contributed by atoms with van der Waals surface area (Å²) in [4.78, 5) is 27.7. The van der Waals surface area contributed by atoms with E-state index < -0.39 is 5.91 Å². The maximum atomic E-state index is 13.4. The van der Waals surface area contributed by atoms with Gasteiger partial charge in [-0.1, -0.05) is 56.6 Å². The molecule has 3 rings (SSSR count). The average Bonchev–Trinajstić information content (AvgIpc) is 2.89. The van der Waals surface area contributed by atoms with Gasteiger partial charge in [0.15, 0.2) is 0 Å². The van der Waals surface area contributed by atoms with Crippen LogP contribution in [0, 0.1) is 16.9 Å². The molecule has 1 fully saturated rings. The lowest BCUT2D eigenvalue weighted by atomic mass is 9.71. The zero-order valence-corrected chi connectivity index (χ0v) is 22.3. The number of nitrogens with two attached hydrogens (primary N) is 1. The Hall–Kier alpha value is -3.52. The van der Waals surface area contributed by atoms with E-state index in [1.54, 1.807) is 30.3 Å². The number of hydrogen-bond acceptors (Lipinski definition) is 5. The third kappa shape index (κ3) is 7.98. The second kappa shape index (κ2) is 12.6. The first-order valence-corrected chi connectivity index (χ1v) is 12.8. The molecule has 8 nitrogen and oxygen atoms in total. The van der Waals surface area contributed by atoms with Crippen molar-refractivity contribution in [2.75, 3.05) is 0 Å². The molecule has 1 aliphatic rings. The maximum absolute atomic E-state index is 13.4. The normalized spacial score (nSPS) is 18.4. The summed E-state index contributed by atoms with van der Waals surface area (Å²) < 4.78 is 0. The molecular formula is C28H35ClN6O2. The van der Waals surface area contributed by atoms with Crippen LogP contribution >= 0.6 is 11.6 Å². The monoisotopic (exact) mass is 522 g/mol. The van der Waals surface area contributed by atoms with E-state index in [4.69, 9.17) is 23.0 Å². The first-order chi connectivity index (χ1) is 17.6. The minimum Gasteiger partial charge on any atom is -0.332 e. The molecule has 9 heteroatoms. The van der Waals surface area contributed by atoms with Crippen molar-refractivity contribution in [3.8, 4) is 0 Å². The van der Waals surface area contributed by atoms with Crippen LogP contribution in [0.3, 0.4) is 0 Å². The summed E-state index contributed by atoms with van der Waals surface area (Å²) in [6, 6.07) is 14.5. The molecular weight excluding hydrogens is 488 g/mol. The lowest BCUT2D eigenvalue weighted by Gasteiger charge is -2.41. The highest BCUT2D eigenvalue weighted by Crippen LogP contribution is 2.39. The first-order valence-electron chi connectivity index (χ1n) is 12.4. The summed E-state index contributed by atoms with van der Waals surface area (Å²) in [7, 11) is 0. The smallest absolute Gasteiger partial charge is 0.265 e. The number of amides is 2. The Morgan fingerprint density at radius 3 is 2.24 bits per heavy atom. The lowest BCUT2D eigenvalue weighted by molar-refractivity contribution is -0.130. The van der Waals surface area contributed by atoms with Crippen LogP contribution in [0.5, 0.6) is 0 Å². The summed E-state index contributed by atoms with van der Waals surface area (Å²) in [5.74, 6) is 4.95. The molecule has 2 aromatic carbocycles. The Bertz CT molecular complexity index is 1140. The molecule has 0 bridgehead atoms. The molecule has 1 aliphatic carbocycles. The first kappa shape index (κ1) is 28.1. The van der Waals surface area contributed by atoms with E-state index in [1.165, 1.54) is 0 Å². The molecule has 0 aromatic heterocycles. The summed E-state index contributed by atoms with van der Waals surface area (Å²) in [5, 5.41) is 9.30. The van der Waals surface area contributed by atoms with Gasteiger partial charge in [-0.15, -0.1) is 10.2 Å². The summed E-state index contributed by atoms with van der Waals surface area (Å²) in [6.45, 7) is 7.30. The van der Waals surface area contributed by atoms with Crippen molar-refractivity contribution in [3.05, 3.63) is 76.3 Å². The molecule has 0 spiro atoms. The van der Waals surface area contributed by atoms with Crippen molar-refractivity contribution in [1.82, 2.24) is 10.2 Å². The van der Waals surface area contributed by atoms with Crippen LogP contribution in [0.25, 0.3) is 6.08 Å².